The van der Waals surface area contributed by atoms with Crippen molar-refractivity contribution >= 4 is 27.7 Å². The average Bonchev–Trinajstić information content (AvgIpc) is 2.60. The maximum Gasteiger partial charge on any atom is 0.124 e. The first kappa shape index (κ1) is 11.7. The normalized spacial score (nSPS) is 10.7. The minimum atomic E-state index is -0.212. The Bertz CT molecular complexity index is 478. The molecule has 0 aliphatic heterocycles. The van der Waals surface area contributed by atoms with Gasteiger partial charge in [-0.1, -0.05) is 15.9 Å². The molecule has 0 radical (unpaired) electrons. The molecule has 0 aliphatic carbocycles. The molecular formula is C11H10BrFN2S. The van der Waals surface area contributed by atoms with E-state index in [9.17, 15) is 4.39 Å². The molecule has 2 aromatic rings. The van der Waals surface area contributed by atoms with E-state index in [4.69, 9.17) is 0 Å². The fourth-order valence-electron chi connectivity index (χ4n) is 1.33. The van der Waals surface area contributed by atoms with Gasteiger partial charge in [-0.25, -0.2) is 4.39 Å². The summed E-state index contributed by atoms with van der Waals surface area (Å²) in [7, 11) is 1.88. The third-order valence-electron chi connectivity index (χ3n) is 2.01. The van der Waals surface area contributed by atoms with Crippen LogP contribution in [-0.2, 0) is 12.8 Å². The minimum Gasteiger partial charge on any atom is -0.275 e. The quantitative estimate of drug-likeness (QED) is 0.806. The van der Waals surface area contributed by atoms with Crippen LogP contribution < -0.4 is 0 Å². The summed E-state index contributed by atoms with van der Waals surface area (Å²) >= 11 is 4.92. The van der Waals surface area contributed by atoms with Gasteiger partial charge in [-0.2, -0.15) is 5.10 Å². The Morgan fingerprint density at radius 3 is 2.88 bits per heavy atom. The number of rotatable bonds is 3. The number of thioether (sulfide) groups is 1. The van der Waals surface area contributed by atoms with Crippen molar-refractivity contribution in [2.45, 2.75) is 10.6 Å². The number of aryl methyl sites for hydroxylation is 1. The summed E-state index contributed by atoms with van der Waals surface area (Å²) in [6, 6.07) is 4.93. The first-order valence-electron chi connectivity index (χ1n) is 4.70. The summed E-state index contributed by atoms with van der Waals surface area (Å²) in [5, 5.41) is 4.08. The molecule has 2 rings (SSSR count). The molecule has 2 nitrogen and oxygen atoms in total. The lowest BCUT2D eigenvalue weighted by molar-refractivity contribution is 0.625. The van der Waals surface area contributed by atoms with Crippen molar-refractivity contribution in [1.29, 1.82) is 0 Å². The SMILES string of the molecule is Cn1cc(SCc2cc(F)cc(Br)c2)cn1. The van der Waals surface area contributed by atoms with E-state index >= 15 is 0 Å². The van der Waals surface area contributed by atoms with Crippen LogP contribution in [0.5, 0.6) is 0 Å². The second kappa shape index (κ2) is 5.01. The highest BCUT2D eigenvalue weighted by molar-refractivity contribution is 9.10. The first-order chi connectivity index (χ1) is 7.63. The Hall–Kier alpha value is -0.810. The van der Waals surface area contributed by atoms with Crippen LogP contribution in [0.15, 0.2) is 40.0 Å². The van der Waals surface area contributed by atoms with Gasteiger partial charge >= 0.3 is 0 Å². The molecule has 84 valence electrons. The fraction of sp³-hybridized carbons (Fsp3) is 0.182. The lowest BCUT2D eigenvalue weighted by Crippen LogP contribution is -1.84. The second-order valence-electron chi connectivity index (χ2n) is 3.42. The van der Waals surface area contributed by atoms with E-state index in [2.05, 4.69) is 21.0 Å². The van der Waals surface area contributed by atoms with Crippen molar-refractivity contribution in [2.24, 2.45) is 7.05 Å². The van der Waals surface area contributed by atoms with Crippen LogP contribution in [0, 0.1) is 5.82 Å². The molecule has 16 heavy (non-hydrogen) atoms. The van der Waals surface area contributed by atoms with Gasteiger partial charge in [0, 0.05) is 28.4 Å². The van der Waals surface area contributed by atoms with Gasteiger partial charge in [0.2, 0.25) is 0 Å². The third-order valence-corrected chi connectivity index (χ3v) is 3.49. The monoisotopic (exact) mass is 300 g/mol. The van der Waals surface area contributed by atoms with E-state index in [1.807, 2.05) is 19.3 Å². The van der Waals surface area contributed by atoms with Crippen molar-refractivity contribution < 1.29 is 4.39 Å². The van der Waals surface area contributed by atoms with Gasteiger partial charge in [-0.05, 0) is 23.8 Å². The molecule has 1 aromatic carbocycles. The molecule has 0 atom stereocenters. The van der Waals surface area contributed by atoms with E-state index in [1.165, 1.54) is 6.07 Å². The predicted molar refractivity (Wildman–Crippen MR) is 66.9 cm³/mol. The molecule has 0 N–H and O–H groups in total. The lowest BCUT2D eigenvalue weighted by Gasteiger charge is -2.01. The van der Waals surface area contributed by atoms with Crippen LogP contribution in [-0.4, -0.2) is 9.78 Å². The van der Waals surface area contributed by atoms with Crippen LogP contribution in [0.1, 0.15) is 5.56 Å². The highest BCUT2D eigenvalue weighted by Gasteiger charge is 2.01. The van der Waals surface area contributed by atoms with Crippen LogP contribution in [0.25, 0.3) is 0 Å². The molecule has 0 saturated heterocycles. The van der Waals surface area contributed by atoms with Gasteiger partial charge in [0.1, 0.15) is 5.82 Å². The Kier molecular flexibility index (Phi) is 3.66. The zero-order valence-electron chi connectivity index (χ0n) is 8.65. The van der Waals surface area contributed by atoms with E-state index < -0.39 is 0 Å². The summed E-state index contributed by atoms with van der Waals surface area (Å²) in [4.78, 5) is 1.09. The number of hydrogen-bond acceptors (Lipinski definition) is 2. The zero-order chi connectivity index (χ0) is 11.5. The third kappa shape index (κ3) is 3.09. The molecule has 0 fully saturated rings. The maximum atomic E-state index is 13.1. The Morgan fingerprint density at radius 2 is 2.25 bits per heavy atom. The second-order valence-corrected chi connectivity index (χ2v) is 5.38. The lowest BCUT2D eigenvalue weighted by atomic mass is 10.2. The van der Waals surface area contributed by atoms with Crippen molar-refractivity contribution in [3.63, 3.8) is 0 Å². The smallest absolute Gasteiger partial charge is 0.124 e. The van der Waals surface area contributed by atoms with Gasteiger partial charge < -0.3 is 0 Å². The summed E-state index contributed by atoms with van der Waals surface area (Å²) in [5.74, 6) is 0.526. The Labute approximate surface area is 106 Å². The van der Waals surface area contributed by atoms with Gasteiger partial charge in [-0.15, -0.1) is 11.8 Å². The van der Waals surface area contributed by atoms with E-state index in [1.54, 1.807) is 28.7 Å². The molecule has 1 aromatic heterocycles. The maximum absolute atomic E-state index is 13.1. The van der Waals surface area contributed by atoms with Crippen LogP contribution in [0.4, 0.5) is 4.39 Å². The van der Waals surface area contributed by atoms with E-state index in [0.29, 0.717) is 0 Å². The molecule has 0 bridgehead atoms. The van der Waals surface area contributed by atoms with Crippen molar-refractivity contribution in [3.8, 4) is 0 Å². The topological polar surface area (TPSA) is 17.8 Å². The number of hydrogen-bond donors (Lipinski definition) is 0. The minimum absolute atomic E-state index is 0.212. The van der Waals surface area contributed by atoms with Crippen molar-refractivity contribution in [3.05, 3.63) is 46.4 Å². The fourth-order valence-corrected chi connectivity index (χ4v) is 2.70. The number of halogens is 2. The van der Waals surface area contributed by atoms with Crippen molar-refractivity contribution in [2.75, 3.05) is 0 Å². The molecule has 0 aliphatic rings. The predicted octanol–water partition coefficient (Wildman–Crippen LogP) is 3.61. The average molecular weight is 301 g/mol. The van der Waals surface area contributed by atoms with E-state index in [0.717, 1.165) is 20.7 Å². The number of benzene rings is 1. The molecule has 0 unspecified atom stereocenters. The van der Waals surface area contributed by atoms with Gasteiger partial charge in [0.15, 0.2) is 0 Å². The summed E-state index contributed by atoms with van der Waals surface area (Å²) in [6.07, 6.45) is 3.75. The van der Waals surface area contributed by atoms with Crippen LogP contribution >= 0.6 is 27.7 Å². The summed E-state index contributed by atoms with van der Waals surface area (Å²) < 4.78 is 15.6. The number of aromatic nitrogens is 2. The highest BCUT2D eigenvalue weighted by Crippen LogP contribution is 2.24. The molecule has 1 heterocycles. The van der Waals surface area contributed by atoms with Crippen LogP contribution in [0.2, 0.25) is 0 Å². The van der Waals surface area contributed by atoms with Crippen molar-refractivity contribution in [1.82, 2.24) is 9.78 Å². The largest absolute Gasteiger partial charge is 0.275 e. The van der Waals surface area contributed by atoms with Gasteiger partial charge in [-0.3, -0.25) is 4.68 Å². The zero-order valence-corrected chi connectivity index (χ0v) is 11.1. The molecule has 0 spiro atoms. The molecular weight excluding hydrogens is 291 g/mol. The summed E-state index contributed by atoms with van der Waals surface area (Å²) in [5.41, 5.74) is 0.959. The Balaban J connectivity index is 2.04. The highest BCUT2D eigenvalue weighted by atomic mass is 79.9. The molecule has 0 saturated carbocycles. The molecule has 0 amide bonds. The van der Waals surface area contributed by atoms with Gasteiger partial charge in [0.05, 0.1) is 6.20 Å². The standard InChI is InChI=1S/C11H10BrFN2S/c1-15-6-11(5-14-15)16-7-8-2-9(12)4-10(13)3-8/h2-6H,7H2,1H3. The summed E-state index contributed by atoms with van der Waals surface area (Å²) in [6.45, 7) is 0. The van der Waals surface area contributed by atoms with E-state index in [-0.39, 0.29) is 5.82 Å². The first-order valence-corrected chi connectivity index (χ1v) is 6.48. The molecule has 5 heteroatoms. The van der Waals surface area contributed by atoms with Crippen LogP contribution in [0.3, 0.4) is 0 Å². The number of nitrogens with zero attached hydrogens (tertiary/aromatic N) is 2. The Morgan fingerprint density at radius 1 is 1.44 bits per heavy atom. The van der Waals surface area contributed by atoms with Gasteiger partial charge in [0.25, 0.3) is 0 Å².